The van der Waals surface area contributed by atoms with Crippen LogP contribution >= 0.6 is 11.6 Å². The molecular formula is C16H17ClN2O3. The van der Waals surface area contributed by atoms with Crippen LogP contribution < -0.4 is 4.74 Å². The van der Waals surface area contributed by atoms with E-state index in [-0.39, 0.29) is 6.61 Å². The van der Waals surface area contributed by atoms with Crippen LogP contribution in [0.1, 0.15) is 18.4 Å². The van der Waals surface area contributed by atoms with Gasteiger partial charge in [0.05, 0.1) is 5.52 Å². The molecule has 6 heteroatoms. The van der Waals surface area contributed by atoms with E-state index in [4.69, 9.17) is 21.4 Å². The maximum absolute atomic E-state index is 10.6. The summed E-state index contributed by atoms with van der Waals surface area (Å²) in [6.07, 6.45) is 2.46. The number of aliphatic carboxylic acids is 1. The van der Waals surface area contributed by atoms with Gasteiger partial charge in [0.25, 0.3) is 0 Å². The monoisotopic (exact) mass is 320 g/mol. The Hall–Kier alpha value is -1.85. The smallest absolute Gasteiger partial charge is 0.341 e. The normalized spacial score (nSPS) is 15.3. The van der Waals surface area contributed by atoms with E-state index in [2.05, 4.69) is 9.88 Å². The zero-order valence-corrected chi connectivity index (χ0v) is 12.8. The summed E-state index contributed by atoms with van der Waals surface area (Å²) in [6.45, 7) is 2.63. The van der Waals surface area contributed by atoms with Crippen molar-refractivity contribution < 1.29 is 14.6 Å². The molecular weight excluding hydrogens is 304 g/mol. The fraction of sp³-hybridized carbons (Fsp3) is 0.375. The van der Waals surface area contributed by atoms with Gasteiger partial charge in [-0.2, -0.15) is 0 Å². The summed E-state index contributed by atoms with van der Waals surface area (Å²) in [5.41, 5.74) is 1.77. The van der Waals surface area contributed by atoms with Crippen LogP contribution in [0, 0.1) is 0 Å². The molecule has 1 aromatic heterocycles. The number of fused-ring (bicyclic) bond motifs is 1. The molecule has 3 rings (SSSR count). The van der Waals surface area contributed by atoms with E-state index in [1.165, 1.54) is 12.8 Å². The molecule has 0 spiro atoms. The van der Waals surface area contributed by atoms with Gasteiger partial charge in [-0.1, -0.05) is 11.6 Å². The number of aromatic nitrogens is 1. The van der Waals surface area contributed by atoms with Crippen molar-refractivity contribution in [3.63, 3.8) is 0 Å². The number of carboxylic acid groups (broad SMARTS) is 1. The van der Waals surface area contributed by atoms with Crippen molar-refractivity contribution in [3.8, 4) is 5.75 Å². The first-order chi connectivity index (χ1) is 10.6. The Balaban J connectivity index is 1.86. The topological polar surface area (TPSA) is 62.7 Å². The third kappa shape index (κ3) is 3.48. The molecule has 0 bridgehead atoms. The number of benzene rings is 1. The molecule has 2 heterocycles. The van der Waals surface area contributed by atoms with Gasteiger partial charge in [-0.25, -0.2) is 9.78 Å². The van der Waals surface area contributed by atoms with Crippen molar-refractivity contribution in [2.45, 2.75) is 19.4 Å². The highest BCUT2D eigenvalue weighted by Crippen LogP contribution is 2.26. The van der Waals surface area contributed by atoms with Crippen molar-refractivity contribution >= 4 is 28.5 Å². The van der Waals surface area contributed by atoms with Crippen LogP contribution in [0.5, 0.6) is 5.75 Å². The molecule has 0 saturated carbocycles. The third-order valence-electron chi connectivity index (χ3n) is 3.77. The van der Waals surface area contributed by atoms with Gasteiger partial charge < -0.3 is 9.84 Å². The van der Waals surface area contributed by atoms with E-state index in [1.54, 1.807) is 18.2 Å². The Morgan fingerprint density at radius 1 is 1.32 bits per heavy atom. The van der Waals surface area contributed by atoms with Gasteiger partial charge in [0.1, 0.15) is 10.9 Å². The van der Waals surface area contributed by atoms with Crippen LogP contribution in [-0.2, 0) is 11.3 Å². The van der Waals surface area contributed by atoms with Gasteiger partial charge in [-0.3, -0.25) is 4.90 Å². The number of hydrogen-bond acceptors (Lipinski definition) is 4. The number of likely N-dealkylation sites (tertiary alicyclic amines) is 1. The molecule has 116 valence electrons. The van der Waals surface area contributed by atoms with Crippen LogP contribution in [0.25, 0.3) is 10.9 Å². The predicted octanol–water partition coefficient (Wildman–Crippen LogP) is 2.95. The summed E-state index contributed by atoms with van der Waals surface area (Å²) in [5, 5.41) is 10.1. The van der Waals surface area contributed by atoms with Gasteiger partial charge in [0.2, 0.25) is 0 Å². The summed E-state index contributed by atoms with van der Waals surface area (Å²) in [6, 6.07) is 7.30. The predicted molar refractivity (Wildman–Crippen MR) is 84.4 cm³/mol. The molecule has 2 aromatic rings. The fourth-order valence-electron chi connectivity index (χ4n) is 2.70. The molecule has 22 heavy (non-hydrogen) atoms. The van der Waals surface area contributed by atoms with Crippen molar-refractivity contribution in [2.75, 3.05) is 19.7 Å². The number of ether oxygens (including phenoxy) is 1. The van der Waals surface area contributed by atoms with Gasteiger partial charge >= 0.3 is 5.97 Å². The molecule has 1 fully saturated rings. The Kier molecular flexibility index (Phi) is 4.45. The highest BCUT2D eigenvalue weighted by atomic mass is 35.5. The number of halogens is 1. The minimum Gasteiger partial charge on any atom is -0.482 e. The Bertz CT molecular complexity index is 699. The van der Waals surface area contributed by atoms with Crippen LogP contribution in [0.2, 0.25) is 5.15 Å². The number of hydrogen-bond donors (Lipinski definition) is 1. The van der Waals surface area contributed by atoms with E-state index in [9.17, 15) is 4.79 Å². The first-order valence-corrected chi connectivity index (χ1v) is 7.66. The van der Waals surface area contributed by atoms with E-state index in [1.807, 2.05) is 6.07 Å². The van der Waals surface area contributed by atoms with Crippen LogP contribution in [-0.4, -0.2) is 40.7 Å². The van der Waals surface area contributed by atoms with E-state index in [0.717, 1.165) is 36.1 Å². The second-order valence-electron chi connectivity index (χ2n) is 5.46. The lowest BCUT2D eigenvalue weighted by molar-refractivity contribution is -0.139. The standard InChI is InChI=1S/C16H17ClN2O3/c17-16-12(9-19-5-1-2-6-19)7-11-8-13(22-10-15(20)21)3-4-14(11)18-16/h3-4,7-8H,1-2,5-6,9-10H2,(H,20,21). The molecule has 1 aliphatic rings. The zero-order chi connectivity index (χ0) is 15.5. The molecule has 0 radical (unpaired) electrons. The van der Waals surface area contributed by atoms with Gasteiger partial charge in [0, 0.05) is 17.5 Å². The van der Waals surface area contributed by atoms with Crippen molar-refractivity contribution in [1.82, 2.24) is 9.88 Å². The Labute approximate surface area is 133 Å². The Morgan fingerprint density at radius 3 is 2.82 bits per heavy atom. The molecule has 0 aliphatic carbocycles. The van der Waals surface area contributed by atoms with E-state index < -0.39 is 5.97 Å². The first kappa shape index (κ1) is 15.1. The SMILES string of the molecule is O=C(O)COc1ccc2nc(Cl)c(CN3CCCC3)cc2c1. The Morgan fingerprint density at radius 2 is 2.09 bits per heavy atom. The van der Waals surface area contributed by atoms with Crippen molar-refractivity contribution in [3.05, 3.63) is 35.0 Å². The molecule has 1 N–H and O–H groups in total. The molecule has 0 atom stereocenters. The molecule has 5 nitrogen and oxygen atoms in total. The lowest BCUT2D eigenvalue weighted by Crippen LogP contribution is -2.18. The molecule has 1 aromatic carbocycles. The number of rotatable bonds is 5. The maximum Gasteiger partial charge on any atom is 0.341 e. The van der Waals surface area contributed by atoms with Gasteiger partial charge in [-0.05, 0) is 50.2 Å². The van der Waals surface area contributed by atoms with E-state index >= 15 is 0 Å². The summed E-state index contributed by atoms with van der Waals surface area (Å²) in [4.78, 5) is 17.3. The number of carboxylic acids is 1. The van der Waals surface area contributed by atoms with Crippen LogP contribution in [0.4, 0.5) is 0 Å². The zero-order valence-electron chi connectivity index (χ0n) is 12.1. The maximum atomic E-state index is 10.6. The van der Waals surface area contributed by atoms with Gasteiger partial charge in [0.15, 0.2) is 6.61 Å². The number of nitrogens with zero attached hydrogens (tertiary/aromatic N) is 2. The van der Waals surface area contributed by atoms with Crippen LogP contribution in [0.3, 0.4) is 0 Å². The lowest BCUT2D eigenvalue weighted by Gasteiger charge is -2.16. The molecule has 0 amide bonds. The van der Waals surface area contributed by atoms with E-state index in [0.29, 0.717) is 10.9 Å². The van der Waals surface area contributed by atoms with Gasteiger partial charge in [-0.15, -0.1) is 0 Å². The second kappa shape index (κ2) is 6.50. The minimum atomic E-state index is -0.996. The second-order valence-corrected chi connectivity index (χ2v) is 5.82. The highest BCUT2D eigenvalue weighted by Gasteiger charge is 2.14. The molecule has 1 aliphatic heterocycles. The van der Waals surface area contributed by atoms with Crippen LogP contribution in [0.15, 0.2) is 24.3 Å². The van der Waals surface area contributed by atoms with Crippen molar-refractivity contribution in [2.24, 2.45) is 0 Å². The lowest BCUT2D eigenvalue weighted by atomic mass is 10.1. The summed E-state index contributed by atoms with van der Waals surface area (Å²) >= 11 is 6.28. The fourth-order valence-corrected chi connectivity index (χ4v) is 2.91. The quantitative estimate of drug-likeness (QED) is 0.858. The molecule has 0 unspecified atom stereocenters. The largest absolute Gasteiger partial charge is 0.482 e. The first-order valence-electron chi connectivity index (χ1n) is 7.28. The number of pyridine rings is 1. The highest BCUT2D eigenvalue weighted by molar-refractivity contribution is 6.30. The summed E-state index contributed by atoms with van der Waals surface area (Å²) in [5.74, 6) is -0.477. The average Bonchev–Trinajstić information content (AvgIpc) is 2.99. The summed E-state index contributed by atoms with van der Waals surface area (Å²) < 4.78 is 5.21. The average molecular weight is 321 g/mol. The van der Waals surface area contributed by atoms with Crippen molar-refractivity contribution in [1.29, 1.82) is 0 Å². The molecule has 1 saturated heterocycles. The summed E-state index contributed by atoms with van der Waals surface area (Å²) in [7, 11) is 0. The number of carbonyl (C=O) groups is 1. The third-order valence-corrected chi connectivity index (χ3v) is 4.09. The minimum absolute atomic E-state index is 0.354.